The Morgan fingerprint density at radius 1 is 0.913 bits per heavy atom. The molecule has 0 saturated heterocycles. The number of nitrogens with one attached hydrogen (secondary N) is 1. The Labute approximate surface area is 133 Å². The van der Waals surface area contributed by atoms with E-state index < -0.39 is 0 Å². The summed E-state index contributed by atoms with van der Waals surface area (Å²) in [5.74, 6) is 0.0775. The number of benzene rings is 3. The number of anilines is 1. The van der Waals surface area contributed by atoms with Gasteiger partial charge in [-0.1, -0.05) is 42.5 Å². The first kappa shape index (κ1) is 13.6. The molecule has 3 aromatic carbocycles. The van der Waals surface area contributed by atoms with Crippen molar-refractivity contribution in [3.05, 3.63) is 78.1 Å². The van der Waals surface area contributed by atoms with Crippen molar-refractivity contribution in [3.63, 3.8) is 0 Å². The standard InChI is InChI=1S/C20H15NO2/c1-13-5-4-7-15(11-13)21-20(22)19-12-17-16-8-3-2-6-14(16)9-10-18(17)23-19/h2-12H,1H3,(H,21,22). The van der Waals surface area contributed by atoms with Crippen LogP contribution in [0.2, 0.25) is 0 Å². The van der Waals surface area contributed by atoms with Gasteiger partial charge in [0.25, 0.3) is 5.91 Å². The lowest BCUT2D eigenvalue weighted by atomic mass is 10.1. The Balaban J connectivity index is 1.74. The number of furan rings is 1. The van der Waals surface area contributed by atoms with Gasteiger partial charge in [-0.15, -0.1) is 0 Å². The molecule has 0 atom stereocenters. The minimum atomic E-state index is -0.240. The second-order valence-electron chi connectivity index (χ2n) is 5.63. The topological polar surface area (TPSA) is 42.2 Å². The lowest BCUT2D eigenvalue weighted by molar-refractivity contribution is 0.0998. The van der Waals surface area contributed by atoms with E-state index in [1.807, 2.05) is 73.7 Å². The van der Waals surface area contributed by atoms with Gasteiger partial charge in [-0.05, 0) is 47.5 Å². The summed E-state index contributed by atoms with van der Waals surface area (Å²) in [4.78, 5) is 12.4. The van der Waals surface area contributed by atoms with Gasteiger partial charge in [0.15, 0.2) is 5.76 Å². The van der Waals surface area contributed by atoms with Crippen LogP contribution in [0.15, 0.2) is 71.1 Å². The number of aryl methyl sites for hydroxylation is 1. The molecule has 112 valence electrons. The summed E-state index contributed by atoms with van der Waals surface area (Å²) in [5, 5.41) is 6.05. The van der Waals surface area contributed by atoms with Crippen LogP contribution in [0.1, 0.15) is 16.1 Å². The molecule has 1 N–H and O–H groups in total. The second-order valence-corrected chi connectivity index (χ2v) is 5.63. The molecule has 1 aromatic heterocycles. The average molecular weight is 301 g/mol. The molecule has 0 aliphatic rings. The monoisotopic (exact) mass is 301 g/mol. The average Bonchev–Trinajstić information content (AvgIpc) is 3.00. The summed E-state index contributed by atoms with van der Waals surface area (Å²) >= 11 is 0. The fourth-order valence-electron chi connectivity index (χ4n) is 2.82. The predicted molar refractivity (Wildman–Crippen MR) is 92.9 cm³/mol. The van der Waals surface area contributed by atoms with Gasteiger partial charge in [-0.3, -0.25) is 4.79 Å². The van der Waals surface area contributed by atoms with E-state index in [2.05, 4.69) is 5.32 Å². The van der Waals surface area contributed by atoms with Crippen LogP contribution in [0.4, 0.5) is 5.69 Å². The van der Waals surface area contributed by atoms with Gasteiger partial charge >= 0.3 is 0 Å². The van der Waals surface area contributed by atoms with Gasteiger partial charge in [0.1, 0.15) is 5.58 Å². The predicted octanol–water partition coefficient (Wildman–Crippen LogP) is 5.15. The molecule has 4 rings (SSSR count). The Morgan fingerprint density at radius 3 is 2.65 bits per heavy atom. The molecule has 0 aliphatic carbocycles. The highest BCUT2D eigenvalue weighted by Crippen LogP contribution is 2.28. The molecule has 0 radical (unpaired) electrons. The summed E-state index contributed by atoms with van der Waals surface area (Å²) in [7, 11) is 0. The third-order valence-corrected chi connectivity index (χ3v) is 3.93. The Morgan fingerprint density at radius 2 is 1.78 bits per heavy atom. The van der Waals surface area contributed by atoms with E-state index in [9.17, 15) is 4.79 Å². The van der Waals surface area contributed by atoms with Crippen molar-refractivity contribution in [1.82, 2.24) is 0 Å². The molecule has 3 nitrogen and oxygen atoms in total. The summed E-state index contributed by atoms with van der Waals surface area (Å²) < 4.78 is 5.73. The smallest absolute Gasteiger partial charge is 0.291 e. The number of hydrogen-bond donors (Lipinski definition) is 1. The number of amides is 1. The van der Waals surface area contributed by atoms with E-state index in [1.165, 1.54) is 0 Å². The van der Waals surface area contributed by atoms with Crippen LogP contribution >= 0.6 is 0 Å². The van der Waals surface area contributed by atoms with E-state index in [4.69, 9.17) is 4.42 Å². The molecule has 0 aliphatic heterocycles. The lowest BCUT2D eigenvalue weighted by Crippen LogP contribution is -2.10. The first-order valence-corrected chi connectivity index (χ1v) is 7.50. The molecule has 0 bridgehead atoms. The van der Waals surface area contributed by atoms with Crippen molar-refractivity contribution in [1.29, 1.82) is 0 Å². The van der Waals surface area contributed by atoms with Crippen molar-refractivity contribution in [2.24, 2.45) is 0 Å². The van der Waals surface area contributed by atoms with Crippen molar-refractivity contribution < 1.29 is 9.21 Å². The third kappa shape index (κ3) is 2.46. The summed E-state index contributed by atoms with van der Waals surface area (Å²) in [6.07, 6.45) is 0. The number of carbonyl (C=O) groups is 1. The number of fused-ring (bicyclic) bond motifs is 3. The number of rotatable bonds is 2. The van der Waals surface area contributed by atoms with E-state index >= 15 is 0 Å². The molecule has 0 saturated carbocycles. The molecule has 0 spiro atoms. The third-order valence-electron chi connectivity index (χ3n) is 3.93. The van der Waals surface area contributed by atoms with Crippen molar-refractivity contribution >= 4 is 33.3 Å². The zero-order valence-electron chi connectivity index (χ0n) is 12.7. The van der Waals surface area contributed by atoms with Gasteiger partial charge in [0.2, 0.25) is 0 Å². The van der Waals surface area contributed by atoms with Crippen LogP contribution in [-0.4, -0.2) is 5.91 Å². The van der Waals surface area contributed by atoms with Gasteiger partial charge in [0, 0.05) is 11.1 Å². The van der Waals surface area contributed by atoms with E-state index in [-0.39, 0.29) is 5.91 Å². The lowest BCUT2D eigenvalue weighted by Gasteiger charge is -2.03. The van der Waals surface area contributed by atoms with Crippen molar-refractivity contribution in [3.8, 4) is 0 Å². The van der Waals surface area contributed by atoms with Gasteiger partial charge in [-0.25, -0.2) is 0 Å². The van der Waals surface area contributed by atoms with Crippen LogP contribution < -0.4 is 5.32 Å². The first-order chi connectivity index (χ1) is 11.2. The maximum absolute atomic E-state index is 12.4. The fraction of sp³-hybridized carbons (Fsp3) is 0.0500. The van der Waals surface area contributed by atoms with E-state index in [0.29, 0.717) is 5.76 Å². The molecule has 23 heavy (non-hydrogen) atoms. The minimum absolute atomic E-state index is 0.240. The molecule has 3 heteroatoms. The van der Waals surface area contributed by atoms with Gasteiger partial charge < -0.3 is 9.73 Å². The van der Waals surface area contributed by atoms with Crippen LogP contribution in [0.5, 0.6) is 0 Å². The van der Waals surface area contributed by atoms with Crippen LogP contribution in [0.3, 0.4) is 0 Å². The van der Waals surface area contributed by atoms with Crippen LogP contribution in [0, 0.1) is 6.92 Å². The van der Waals surface area contributed by atoms with Crippen molar-refractivity contribution in [2.45, 2.75) is 6.92 Å². The quantitative estimate of drug-likeness (QED) is 0.556. The Bertz CT molecular complexity index is 1030. The largest absolute Gasteiger partial charge is 0.451 e. The molecule has 0 unspecified atom stereocenters. The summed E-state index contributed by atoms with van der Waals surface area (Å²) in [6.45, 7) is 1.99. The van der Waals surface area contributed by atoms with Gasteiger partial charge in [0.05, 0.1) is 0 Å². The molecular weight excluding hydrogens is 286 g/mol. The molecule has 0 fully saturated rings. The highest BCUT2D eigenvalue weighted by molar-refractivity contribution is 6.10. The highest BCUT2D eigenvalue weighted by atomic mass is 16.3. The first-order valence-electron chi connectivity index (χ1n) is 7.50. The fourth-order valence-corrected chi connectivity index (χ4v) is 2.82. The summed E-state index contributed by atoms with van der Waals surface area (Å²) in [6, 6.07) is 21.5. The van der Waals surface area contributed by atoms with E-state index in [1.54, 1.807) is 0 Å². The molecule has 4 aromatic rings. The normalized spacial score (nSPS) is 11.0. The zero-order valence-corrected chi connectivity index (χ0v) is 12.7. The maximum atomic E-state index is 12.4. The second kappa shape index (κ2) is 5.29. The Kier molecular flexibility index (Phi) is 3.12. The molecular formula is C20H15NO2. The Hall–Kier alpha value is -3.07. The summed E-state index contributed by atoms with van der Waals surface area (Å²) in [5.41, 5.74) is 2.58. The van der Waals surface area contributed by atoms with Crippen LogP contribution in [-0.2, 0) is 0 Å². The number of hydrogen-bond acceptors (Lipinski definition) is 2. The SMILES string of the molecule is Cc1cccc(NC(=O)c2cc3c(ccc4ccccc43)o2)c1. The van der Waals surface area contributed by atoms with Crippen molar-refractivity contribution in [2.75, 3.05) is 5.32 Å². The zero-order chi connectivity index (χ0) is 15.8. The highest BCUT2D eigenvalue weighted by Gasteiger charge is 2.14. The maximum Gasteiger partial charge on any atom is 0.291 e. The molecule has 1 amide bonds. The van der Waals surface area contributed by atoms with E-state index in [0.717, 1.165) is 33.0 Å². The van der Waals surface area contributed by atoms with Crippen LogP contribution in [0.25, 0.3) is 21.7 Å². The molecule has 1 heterocycles. The minimum Gasteiger partial charge on any atom is -0.451 e. The number of carbonyl (C=O) groups excluding carboxylic acids is 1. The van der Waals surface area contributed by atoms with Gasteiger partial charge in [-0.2, -0.15) is 0 Å².